The average molecular weight is 288 g/mol. The average Bonchev–Trinajstić information content (AvgIpc) is 2.60. The zero-order chi connectivity index (χ0) is 14.9. The van der Waals surface area contributed by atoms with Crippen molar-refractivity contribution in [2.24, 2.45) is 11.8 Å². The highest BCUT2D eigenvalue weighted by atomic mass is 16.3. The Balaban J connectivity index is 1.55. The van der Waals surface area contributed by atoms with Gasteiger partial charge in [0.2, 0.25) is 0 Å². The summed E-state index contributed by atoms with van der Waals surface area (Å²) in [6, 6.07) is 8.45. The summed E-state index contributed by atoms with van der Waals surface area (Å²) in [7, 11) is 0. The smallest absolute Gasteiger partial charge is 0.0852 e. The molecule has 0 saturated carbocycles. The van der Waals surface area contributed by atoms with Gasteiger partial charge < -0.3 is 5.11 Å². The highest BCUT2D eigenvalue weighted by molar-refractivity contribution is 5.57. The van der Waals surface area contributed by atoms with E-state index < -0.39 is 6.10 Å². The van der Waals surface area contributed by atoms with Crippen molar-refractivity contribution < 1.29 is 5.11 Å². The van der Waals surface area contributed by atoms with E-state index in [0.29, 0.717) is 5.92 Å². The van der Waals surface area contributed by atoms with E-state index in [4.69, 9.17) is 0 Å². The summed E-state index contributed by atoms with van der Waals surface area (Å²) in [5, 5.41) is 10.8. The van der Waals surface area contributed by atoms with Crippen LogP contribution >= 0.6 is 0 Å². The Morgan fingerprint density at radius 3 is 2.91 bits per heavy atom. The summed E-state index contributed by atoms with van der Waals surface area (Å²) in [5.41, 5.74) is 5.00. The molecular formula is C21H20O. The standard InChI is InChI=1S/C21H20O/c22-21(19-11-9-15-5-1-3-7-17(15)13-19)20-12-10-16-6-2-4-8-18(16)14-20/h1-9,11-12,14,16,19,21-22H,10,13H2. The lowest BCUT2D eigenvalue weighted by molar-refractivity contribution is 0.167. The fourth-order valence-corrected chi connectivity index (χ4v) is 3.59. The highest BCUT2D eigenvalue weighted by Gasteiger charge is 2.26. The van der Waals surface area contributed by atoms with Crippen molar-refractivity contribution >= 4 is 6.08 Å². The summed E-state index contributed by atoms with van der Waals surface area (Å²) >= 11 is 0. The number of rotatable bonds is 2. The van der Waals surface area contributed by atoms with Gasteiger partial charge in [0.25, 0.3) is 0 Å². The molecule has 110 valence electrons. The number of allylic oxidation sites excluding steroid dienone is 6. The lowest BCUT2D eigenvalue weighted by Crippen LogP contribution is -2.25. The van der Waals surface area contributed by atoms with Crippen LogP contribution in [0.4, 0.5) is 0 Å². The van der Waals surface area contributed by atoms with Crippen molar-refractivity contribution in [3.05, 3.63) is 89.1 Å². The quantitative estimate of drug-likeness (QED) is 0.863. The van der Waals surface area contributed by atoms with E-state index in [1.165, 1.54) is 16.7 Å². The topological polar surface area (TPSA) is 20.2 Å². The van der Waals surface area contributed by atoms with Gasteiger partial charge in [-0.25, -0.2) is 0 Å². The lowest BCUT2D eigenvalue weighted by atomic mass is 9.79. The molecule has 0 bridgehead atoms. The molecule has 3 atom stereocenters. The Morgan fingerprint density at radius 2 is 1.95 bits per heavy atom. The van der Waals surface area contributed by atoms with Crippen LogP contribution in [0.25, 0.3) is 6.08 Å². The summed E-state index contributed by atoms with van der Waals surface area (Å²) < 4.78 is 0. The van der Waals surface area contributed by atoms with Crippen molar-refractivity contribution in [3.8, 4) is 0 Å². The molecule has 4 rings (SSSR count). The third-order valence-corrected chi connectivity index (χ3v) is 4.89. The van der Waals surface area contributed by atoms with Gasteiger partial charge in [-0.2, -0.15) is 0 Å². The molecule has 3 aliphatic rings. The maximum absolute atomic E-state index is 10.8. The van der Waals surface area contributed by atoms with Crippen molar-refractivity contribution in [1.29, 1.82) is 0 Å². The van der Waals surface area contributed by atoms with Crippen molar-refractivity contribution in [1.82, 2.24) is 0 Å². The minimum atomic E-state index is -0.419. The molecule has 3 unspecified atom stereocenters. The Labute approximate surface area is 131 Å². The first kappa shape index (κ1) is 13.5. The predicted molar refractivity (Wildman–Crippen MR) is 91.2 cm³/mol. The van der Waals surface area contributed by atoms with Crippen LogP contribution in [-0.2, 0) is 6.42 Å². The van der Waals surface area contributed by atoms with Crippen molar-refractivity contribution in [2.75, 3.05) is 0 Å². The van der Waals surface area contributed by atoms with Crippen LogP contribution in [0.1, 0.15) is 17.5 Å². The molecule has 0 fully saturated rings. The van der Waals surface area contributed by atoms with Crippen LogP contribution in [-0.4, -0.2) is 11.2 Å². The molecule has 0 spiro atoms. The molecule has 1 aromatic carbocycles. The first-order chi connectivity index (χ1) is 10.8. The Morgan fingerprint density at radius 1 is 1.05 bits per heavy atom. The predicted octanol–water partition coefficient (Wildman–Crippen LogP) is 4.23. The normalized spacial score (nSPS) is 26.8. The Kier molecular flexibility index (Phi) is 3.44. The van der Waals surface area contributed by atoms with Crippen molar-refractivity contribution in [2.45, 2.75) is 18.9 Å². The van der Waals surface area contributed by atoms with Gasteiger partial charge in [0, 0.05) is 11.8 Å². The minimum absolute atomic E-state index is 0.165. The van der Waals surface area contributed by atoms with Crippen LogP contribution in [0.5, 0.6) is 0 Å². The van der Waals surface area contributed by atoms with Crippen LogP contribution in [0, 0.1) is 11.8 Å². The van der Waals surface area contributed by atoms with E-state index in [2.05, 4.69) is 72.9 Å². The molecular weight excluding hydrogens is 268 g/mol. The molecule has 22 heavy (non-hydrogen) atoms. The zero-order valence-corrected chi connectivity index (χ0v) is 12.5. The van der Waals surface area contributed by atoms with E-state index in [1.54, 1.807) is 0 Å². The second kappa shape index (κ2) is 5.58. The number of aliphatic hydroxyl groups excluding tert-OH is 1. The molecule has 1 nitrogen and oxygen atoms in total. The third kappa shape index (κ3) is 2.42. The monoisotopic (exact) mass is 288 g/mol. The van der Waals surface area contributed by atoms with E-state index in [-0.39, 0.29) is 5.92 Å². The molecule has 3 aliphatic carbocycles. The molecule has 0 saturated heterocycles. The molecule has 0 aliphatic heterocycles. The van der Waals surface area contributed by atoms with Crippen LogP contribution in [0.15, 0.2) is 77.9 Å². The van der Waals surface area contributed by atoms with Gasteiger partial charge >= 0.3 is 0 Å². The molecule has 0 heterocycles. The lowest BCUT2D eigenvalue weighted by Gasteiger charge is -2.28. The number of aliphatic hydroxyl groups is 1. The summed E-state index contributed by atoms with van der Waals surface area (Å²) in [6.07, 6.45) is 18.8. The van der Waals surface area contributed by atoms with E-state index in [0.717, 1.165) is 18.4 Å². The van der Waals surface area contributed by atoms with Gasteiger partial charge in [0.15, 0.2) is 0 Å². The molecule has 1 heteroatoms. The molecule has 1 N–H and O–H groups in total. The molecule has 1 aromatic rings. The van der Waals surface area contributed by atoms with Gasteiger partial charge in [-0.05, 0) is 35.1 Å². The third-order valence-electron chi connectivity index (χ3n) is 4.89. The second-order valence-electron chi connectivity index (χ2n) is 6.31. The van der Waals surface area contributed by atoms with E-state index in [9.17, 15) is 5.11 Å². The fourth-order valence-electron chi connectivity index (χ4n) is 3.59. The number of fused-ring (bicyclic) bond motifs is 2. The Bertz CT molecular complexity index is 730. The number of benzene rings is 1. The second-order valence-corrected chi connectivity index (χ2v) is 6.31. The molecule has 0 aromatic heterocycles. The van der Waals surface area contributed by atoms with E-state index >= 15 is 0 Å². The minimum Gasteiger partial charge on any atom is -0.388 e. The summed E-state index contributed by atoms with van der Waals surface area (Å²) in [4.78, 5) is 0. The first-order valence-corrected chi connectivity index (χ1v) is 8.02. The summed E-state index contributed by atoms with van der Waals surface area (Å²) in [5.74, 6) is 0.654. The largest absolute Gasteiger partial charge is 0.388 e. The summed E-state index contributed by atoms with van der Waals surface area (Å²) in [6.45, 7) is 0. The van der Waals surface area contributed by atoms with E-state index in [1.807, 2.05) is 0 Å². The van der Waals surface area contributed by atoms with Crippen LogP contribution in [0.3, 0.4) is 0 Å². The van der Waals surface area contributed by atoms with Crippen molar-refractivity contribution in [3.63, 3.8) is 0 Å². The van der Waals surface area contributed by atoms with Crippen LogP contribution in [0.2, 0.25) is 0 Å². The maximum Gasteiger partial charge on any atom is 0.0852 e. The number of hydrogen-bond donors (Lipinski definition) is 1. The van der Waals surface area contributed by atoms with Gasteiger partial charge in [0.05, 0.1) is 6.10 Å². The molecule has 0 radical (unpaired) electrons. The van der Waals surface area contributed by atoms with Gasteiger partial charge in [0.1, 0.15) is 0 Å². The van der Waals surface area contributed by atoms with Gasteiger partial charge in [-0.1, -0.05) is 72.9 Å². The first-order valence-electron chi connectivity index (χ1n) is 8.02. The zero-order valence-electron chi connectivity index (χ0n) is 12.5. The maximum atomic E-state index is 10.8. The molecule has 0 amide bonds. The van der Waals surface area contributed by atoms with Gasteiger partial charge in [-0.15, -0.1) is 0 Å². The fraction of sp³-hybridized carbons (Fsp3) is 0.238. The Hall–Kier alpha value is -2.12. The highest BCUT2D eigenvalue weighted by Crippen LogP contribution is 2.33. The van der Waals surface area contributed by atoms with Crippen LogP contribution < -0.4 is 0 Å². The van der Waals surface area contributed by atoms with Gasteiger partial charge in [-0.3, -0.25) is 0 Å². The SMILES string of the molecule is OC(C1=CCC2C=CC=CC2=C1)C1C=Cc2ccccc2C1. The number of hydrogen-bond acceptors (Lipinski definition) is 1.